The average Bonchev–Trinajstić information content (AvgIpc) is 2.67. The number of hydrogen-bond acceptors (Lipinski definition) is 3. The van der Waals surface area contributed by atoms with Gasteiger partial charge in [-0.25, -0.2) is 4.39 Å². The third-order valence-electron chi connectivity index (χ3n) is 4.44. The van der Waals surface area contributed by atoms with Gasteiger partial charge in [0, 0.05) is 41.9 Å². The second kappa shape index (κ2) is 6.55. The Kier molecular flexibility index (Phi) is 4.08. The molecule has 130 valence electrons. The highest BCUT2D eigenvalue weighted by Crippen LogP contribution is 2.24. The first-order valence-corrected chi connectivity index (χ1v) is 8.32. The van der Waals surface area contributed by atoms with Crippen LogP contribution >= 0.6 is 0 Å². The molecular weight excluding hydrogens is 333 g/mol. The molecule has 2 heterocycles. The highest BCUT2D eigenvalue weighted by atomic mass is 19.1. The molecule has 0 spiro atoms. The Hall–Kier alpha value is -3.28. The zero-order valence-corrected chi connectivity index (χ0v) is 13.9. The number of carbonyl (C=O) groups excluding carboxylic acids is 2. The summed E-state index contributed by atoms with van der Waals surface area (Å²) < 4.78 is 13.3. The van der Waals surface area contributed by atoms with E-state index in [1.54, 1.807) is 29.3 Å². The number of rotatable bonds is 2. The highest BCUT2D eigenvalue weighted by Gasteiger charge is 2.22. The van der Waals surface area contributed by atoms with E-state index in [4.69, 9.17) is 0 Å². The van der Waals surface area contributed by atoms with Crippen LogP contribution in [-0.4, -0.2) is 41.3 Å². The largest absolute Gasteiger partial charge is 0.353 e. The Morgan fingerprint density at radius 3 is 2.65 bits per heavy atom. The SMILES string of the molecule is O=C1CN(C(=O)c2ccc(-c3cnc4cc(F)ccc4c3)cc2)CCN1. The van der Waals surface area contributed by atoms with Crippen molar-refractivity contribution >= 4 is 22.7 Å². The molecule has 1 saturated heterocycles. The Labute approximate surface area is 149 Å². The smallest absolute Gasteiger partial charge is 0.254 e. The second-order valence-corrected chi connectivity index (χ2v) is 6.22. The molecule has 26 heavy (non-hydrogen) atoms. The molecule has 3 aromatic rings. The Balaban J connectivity index is 1.58. The van der Waals surface area contributed by atoms with Gasteiger partial charge in [0.05, 0.1) is 12.1 Å². The minimum absolute atomic E-state index is 0.0890. The van der Waals surface area contributed by atoms with Gasteiger partial charge >= 0.3 is 0 Å². The number of carbonyl (C=O) groups is 2. The summed E-state index contributed by atoms with van der Waals surface area (Å²) in [5.74, 6) is -0.606. The van der Waals surface area contributed by atoms with Crippen molar-refractivity contribution in [2.75, 3.05) is 19.6 Å². The van der Waals surface area contributed by atoms with E-state index in [2.05, 4.69) is 10.3 Å². The number of aromatic nitrogens is 1. The summed E-state index contributed by atoms with van der Waals surface area (Å²) in [5.41, 5.74) is 2.94. The average molecular weight is 349 g/mol. The third-order valence-corrected chi connectivity index (χ3v) is 4.44. The van der Waals surface area contributed by atoms with Gasteiger partial charge in [0.15, 0.2) is 0 Å². The molecule has 2 aromatic carbocycles. The zero-order chi connectivity index (χ0) is 18.1. The van der Waals surface area contributed by atoms with Crippen LogP contribution in [-0.2, 0) is 4.79 Å². The van der Waals surface area contributed by atoms with Crippen molar-refractivity contribution in [1.29, 1.82) is 0 Å². The van der Waals surface area contributed by atoms with Gasteiger partial charge in [-0.3, -0.25) is 14.6 Å². The Morgan fingerprint density at radius 1 is 1.08 bits per heavy atom. The molecule has 1 aliphatic rings. The number of amides is 2. The van der Waals surface area contributed by atoms with Crippen LogP contribution in [0, 0.1) is 5.82 Å². The molecular formula is C20H16FN3O2. The number of halogens is 1. The first-order chi connectivity index (χ1) is 12.6. The van der Waals surface area contributed by atoms with Gasteiger partial charge in [0.2, 0.25) is 5.91 Å². The lowest BCUT2D eigenvalue weighted by Crippen LogP contribution is -2.49. The van der Waals surface area contributed by atoms with E-state index < -0.39 is 0 Å². The predicted molar refractivity (Wildman–Crippen MR) is 96.1 cm³/mol. The molecule has 0 radical (unpaired) electrons. The van der Waals surface area contributed by atoms with Gasteiger partial charge in [0.1, 0.15) is 5.82 Å². The molecule has 6 heteroatoms. The maximum Gasteiger partial charge on any atom is 0.254 e. The summed E-state index contributed by atoms with van der Waals surface area (Å²) >= 11 is 0. The van der Waals surface area contributed by atoms with Gasteiger partial charge in [-0.1, -0.05) is 12.1 Å². The van der Waals surface area contributed by atoms with E-state index >= 15 is 0 Å². The van der Waals surface area contributed by atoms with Gasteiger partial charge in [-0.15, -0.1) is 0 Å². The summed E-state index contributed by atoms with van der Waals surface area (Å²) in [6, 6.07) is 13.6. The molecule has 0 saturated carbocycles. The molecule has 1 aromatic heterocycles. The molecule has 1 fully saturated rings. The van der Waals surface area contributed by atoms with Crippen molar-refractivity contribution in [1.82, 2.24) is 15.2 Å². The van der Waals surface area contributed by atoms with Crippen LogP contribution in [0.1, 0.15) is 10.4 Å². The van der Waals surface area contributed by atoms with Crippen molar-refractivity contribution in [2.45, 2.75) is 0 Å². The number of nitrogens with one attached hydrogen (secondary N) is 1. The maximum atomic E-state index is 13.3. The highest BCUT2D eigenvalue weighted by molar-refractivity contribution is 5.97. The minimum atomic E-state index is -0.313. The molecule has 0 atom stereocenters. The predicted octanol–water partition coefficient (Wildman–Crippen LogP) is 2.61. The molecule has 0 aliphatic carbocycles. The third kappa shape index (κ3) is 3.13. The number of piperazine rings is 1. The second-order valence-electron chi connectivity index (χ2n) is 6.22. The van der Waals surface area contributed by atoms with Crippen LogP contribution in [0.4, 0.5) is 4.39 Å². The van der Waals surface area contributed by atoms with Crippen molar-refractivity contribution in [3.8, 4) is 11.1 Å². The molecule has 0 bridgehead atoms. The van der Waals surface area contributed by atoms with E-state index in [9.17, 15) is 14.0 Å². The normalized spacial score (nSPS) is 14.3. The standard InChI is InChI=1S/C20H16FN3O2/c21-17-6-5-15-9-16(11-23-18(15)10-17)13-1-3-14(4-2-13)20(26)24-8-7-22-19(25)12-24/h1-6,9-11H,7-8,12H2,(H,22,25). The van der Waals surface area contributed by atoms with Crippen molar-refractivity contribution in [3.05, 3.63) is 66.1 Å². The number of nitrogens with zero attached hydrogens (tertiary/aromatic N) is 2. The first-order valence-electron chi connectivity index (χ1n) is 8.32. The summed E-state index contributed by atoms with van der Waals surface area (Å²) in [7, 11) is 0. The van der Waals surface area contributed by atoms with E-state index in [0.29, 0.717) is 24.2 Å². The van der Waals surface area contributed by atoms with Gasteiger partial charge < -0.3 is 10.2 Å². The minimum Gasteiger partial charge on any atom is -0.353 e. The number of hydrogen-bond donors (Lipinski definition) is 1. The fourth-order valence-electron chi connectivity index (χ4n) is 3.05. The molecule has 1 aliphatic heterocycles. The van der Waals surface area contributed by atoms with Crippen molar-refractivity contribution < 1.29 is 14.0 Å². The number of fused-ring (bicyclic) bond motifs is 1. The molecule has 5 nitrogen and oxygen atoms in total. The van der Waals surface area contributed by atoms with Crippen LogP contribution in [0.3, 0.4) is 0 Å². The summed E-state index contributed by atoms with van der Waals surface area (Å²) in [4.78, 5) is 29.8. The monoisotopic (exact) mass is 349 g/mol. The summed E-state index contributed by atoms with van der Waals surface area (Å²) in [5, 5.41) is 3.55. The van der Waals surface area contributed by atoms with Crippen molar-refractivity contribution in [2.24, 2.45) is 0 Å². The van der Waals surface area contributed by atoms with Crippen LogP contribution in [0.2, 0.25) is 0 Å². The van der Waals surface area contributed by atoms with E-state index in [-0.39, 0.29) is 24.2 Å². The number of pyridine rings is 1. The lowest BCUT2D eigenvalue weighted by molar-refractivity contribution is -0.123. The molecule has 0 unspecified atom stereocenters. The van der Waals surface area contributed by atoms with E-state index in [0.717, 1.165) is 16.5 Å². The van der Waals surface area contributed by atoms with Crippen LogP contribution < -0.4 is 5.32 Å². The summed E-state index contributed by atoms with van der Waals surface area (Å²) in [6.07, 6.45) is 1.69. The van der Waals surface area contributed by atoms with E-state index in [1.807, 2.05) is 18.2 Å². The van der Waals surface area contributed by atoms with E-state index in [1.165, 1.54) is 12.1 Å². The quantitative estimate of drug-likeness (QED) is 0.774. The number of benzene rings is 2. The maximum absolute atomic E-state index is 13.3. The lowest BCUT2D eigenvalue weighted by atomic mass is 10.0. The first kappa shape index (κ1) is 16.2. The van der Waals surface area contributed by atoms with Crippen LogP contribution in [0.5, 0.6) is 0 Å². The van der Waals surface area contributed by atoms with Gasteiger partial charge in [0.25, 0.3) is 5.91 Å². The lowest BCUT2D eigenvalue weighted by Gasteiger charge is -2.26. The fourth-order valence-corrected chi connectivity index (χ4v) is 3.05. The van der Waals surface area contributed by atoms with Gasteiger partial charge in [-0.05, 0) is 35.9 Å². The topological polar surface area (TPSA) is 62.3 Å². The fraction of sp³-hybridized carbons (Fsp3) is 0.150. The van der Waals surface area contributed by atoms with Crippen molar-refractivity contribution in [3.63, 3.8) is 0 Å². The molecule has 2 amide bonds. The van der Waals surface area contributed by atoms with Crippen LogP contribution in [0.15, 0.2) is 54.7 Å². The molecule has 4 rings (SSSR count). The Morgan fingerprint density at radius 2 is 1.88 bits per heavy atom. The van der Waals surface area contributed by atoms with Gasteiger partial charge in [-0.2, -0.15) is 0 Å². The molecule has 1 N–H and O–H groups in total. The van der Waals surface area contributed by atoms with Crippen LogP contribution in [0.25, 0.3) is 22.0 Å². The Bertz CT molecular complexity index is 1000. The zero-order valence-electron chi connectivity index (χ0n) is 13.9. The summed E-state index contributed by atoms with van der Waals surface area (Å²) in [6.45, 7) is 1.08.